The lowest BCUT2D eigenvalue weighted by atomic mass is 9.55. The first-order chi connectivity index (χ1) is 7.14. The van der Waals surface area contributed by atoms with Gasteiger partial charge in [-0.25, -0.2) is 4.79 Å². The third-order valence-corrected chi connectivity index (χ3v) is 4.80. The molecule has 3 rings (SSSR count). The molecule has 3 aliphatic rings. The second-order valence-electron chi connectivity index (χ2n) is 5.37. The lowest BCUT2D eigenvalue weighted by molar-refractivity contribution is -0.146. The van der Waals surface area contributed by atoms with E-state index in [0.29, 0.717) is 5.92 Å². The van der Waals surface area contributed by atoms with E-state index in [1.54, 1.807) is 0 Å². The van der Waals surface area contributed by atoms with Gasteiger partial charge >= 0.3 is 5.97 Å². The summed E-state index contributed by atoms with van der Waals surface area (Å²) in [4.78, 5) is 11.6. The Labute approximate surface area is 90.1 Å². The lowest BCUT2D eigenvalue weighted by Crippen LogP contribution is -2.52. The highest BCUT2D eigenvalue weighted by atomic mass is 16.7. The predicted molar refractivity (Wildman–Crippen MR) is 54.3 cm³/mol. The Morgan fingerprint density at radius 1 is 1.40 bits per heavy atom. The van der Waals surface area contributed by atoms with Crippen molar-refractivity contribution in [3.8, 4) is 0 Å². The molecule has 84 valence electrons. The van der Waals surface area contributed by atoms with Gasteiger partial charge in [-0.15, -0.1) is 0 Å². The van der Waals surface area contributed by atoms with E-state index in [0.717, 1.165) is 12.3 Å². The molecule has 3 nitrogen and oxygen atoms in total. The van der Waals surface area contributed by atoms with Crippen molar-refractivity contribution in [2.24, 2.45) is 11.8 Å². The molecule has 3 fully saturated rings. The Kier molecular flexibility index (Phi) is 1.77. The summed E-state index contributed by atoms with van der Waals surface area (Å²) in [5.41, 5.74) is -0.758. The maximum atomic E-state index is 11.6. The maximum Gasteiger partial charge on any atom is 0.340 e. The molecule has 0 amide bonds. The molecule has 0 radical (unpaired) electrons. The zero-order valence-electron chi connectivity index (χ0n) is 9.41. The fourth-order valence-electron chi connectivity index (χ4n) is 3.86. The summed E-state index contributed by atoms with van der Waals surface area (Å²) in [6.45, 7) is 1.89. The van der Waals surface area contributed by atoms with Crippen molar-refractivity contribution >= 4 is 5.97 Å². The fourth-order valence-corrected chi connectivity index (χ4v) is 3.86. The van der Waals surface area contributed by atoms with Crippen LogP contribution in [0, 0.1) is 11.8 Å². The Morgan fingerprint density at radius 3 is 2.80 bits per heavy atom. The summed E-state index contributed by atoms with van der Waals surface area (Å²) in [6.07, 6.45) is 6.28. The van der Waals surface area contributed by atoms with Crippen LogP contribution in [0.2, 0.25) is 0 Å². The summed E-state index contributed by atoms with van der Waals surface area (Å²) in [6, 6.07) is 0. The topological polar surface area (TPSA) is 38.8 Å². The first-order valence-electron chi connectivity index (χ1n) is 5.93. The van der Waals surface area contributed by atoms with E-state index in [4.69, 9.17) is 9.47 Å². The van der Waals surface area contributed by atoms with Crippen LogP contribution in [-0.2, 0) is 14.3 Å². The Balaban J connectivity index is 1.77. The van der Waals surface area contributed by atoms with Gasteiger partial charge in [-0.1, -0.05) is 12.8 Å². The molecule has 2 unspecified atom stereocenters. The number of carbonyl (C=O) groups excluding carboxylic acids is 1. The van der Waals surface area contributed by atoms with Gasteiger partial charge in [-0.2, -0.15) is 0 Å². The first kappa shape index (κ1) is 9.64. The van der Waals surface area contributed by atoms with Crippen molar-refractivity contribution in [1.82, 2.24) is 0 Å². The fraction of sp³-hybridized carbons (Fsp3) is 0.917. The van der Waals surface area contributed by atoms with Crippen LogP contribution in [0.1, 0.15) is 39.0 Å². The van der Waals surface area contributed by atoms with Gasteiger partial charge in [0.2, 0.25) is 0 Å². The molecule has 0 aromatic heterocycles. The van der Waals surface area contributed by atoms with Crippen molar-refractivity contribution in [3.05, 3.63) is 0 Å². The molecule has 4 atom stereocenters. The number of hydrogen-bond acceptors (Lipinski definition) is 3. The molecule has 2 aliphatic carbocycles. The van der Waals surface area contributed by atoms with E-state index in [2.05, 4.69) is 0 Å². The standard InChI is InChI=1S/C12H18O3/c1-11(10(13)14-2)12(15-11)7-8-5-3-4-6-9(8)12/h8-9H,3-7H2,1-2H3/t8-,9-,11?,12?/m1/s1. The zero-order chi connectivity index (χ0) is 10.7. The molecule has 0 aromatic carbocycles. The zero-order valence-corrected chi connectivity index (χ0v) is 9.41. The minimum atomic E-state index is -0.625. The normalized spacial score (nSPS) is 51.9. The molecular weight excluding hydrogens is 192 g/mol. The number of carbonyl (C=O) groups is 1. The van der Waals surface area contributed by atoms with Gasteiger partial charge in [0.05, 0.1) is 7.11 Å². The van der Waals surface area contributed by atoms with Gasteiger partial charge in [0.1, 0.15) is 5.60 Å². The molecule has 1 heterocycles. The molecule has 1 saturated heterocycles. The van der Waals surface area contributed by atoms with Crippen LogP contribution in [-0.4, -0.2) is 24.3 Å². The summed E-state index contributed by atoms with van der Waals surface area (Å²) in [5.74, 6) is 1.24. The monoisotopic (exact) mass is 210 g/mol. The van der Waals surface area contributed by atoms with Crippen molar-refractivity contribution < 1.29 is 14.3 Å². The van der Waals surface area contributed by atoms with Crippen molar-refractivity contribution in [2.45, 2.75) is 50.2 Å². The summed E-state index contributed by atoms with van der Waals surface area (Å²) in [5, 5.41) is 0. The SMILES string of the molecule is COC(=O)C1(C)OC12C[C@H]1CCCC[C@H]12. The first-order valence-corrected chi connectivity index (χ1v) is 5.93. The largest absolute Gasteiger partial charge is 0.467 e. The molecule has 1 aliphatic heterocycles. The summed E-state index contributed by atoms with van der Waals surface area (Å²) < 4.78 is 10.6. The number of hydrogen-bond donors (Lipinski definition) is 0. The second kappa shape index (κ2) is 2.76. The molecule has 0 aromatic rings. The quantitative estimate of drug-likeness (QED) is 0.490. The smallest absolute Gasteiger partial charge is 0.340 e. The van der Waals surface area contributed by atoms with Gasteiger partial charge < -0.3 is 9.47 Å². The summed E-state index contributed by atoms with van der Waals surface area (Å²) in [7, 11) is 1.44. The Morgan fingerprint density at radius 2 is 2.13 bits per heavy atom. The van der Waals surface area contributed by atoms with Gasteiger partial charge in [0.25, 0.3) is 0 Å². The molecular formula is C12H18O3. The number of esters is 1. The lowest BCUT2D eigenvalue weighted by Gasteiger charge is -2.47. The third-order valence-electron chi connectivity index (χ3n) is 4.80. The highest BCUT2D eigenvalue weighted by Gasteiger charge is 2.81. The summed E-state index contributed by atoms with van der Waals surface area (Å²) >= 11 is 0. The van der Waals surface area contributed by atoms with Gasteiger partial charge in [0, 0.05) is 0 Å². The molecule has 1 spiro atoms. The Bertz CT molecular complexity index is 314. The number of rotatable bonds is 1. The van der Waals surface area contributed by atoms with E-state index in [9.17, 15) is 4.79 Å². The van der Waals surface area contributed by atoms with Crippen LogP contribution in [0.3, 0.4) is 0 Å². The molecule has 15 heavy (non-hydrogen) atoms. The van der Waals surface area contributed by atoms with Gasteiger partial charge in [-0.3, -0.25) is 0 Å². The average Bonchev–Trinajstić information content (AvgIpc) is 2.87. The van der Waals surface area contributed by atoms with Crippen molar-refractivity contribution in [1.29, 1.82) is 0 Å². The van der Waals surface area contributed by atoms with Crippen LogP contribution >= 0.6 is 0 Å². The molecule has 0 N–H and O–H groups in total. The number of fused-ring (bicyclic) bond motifs is 2. The van der Waals surface area contributed by atoms with E-state index >= 15 is 0 Å². The van der Waals surface area contributed by atoms with E-state index in [-0.39, 0.29) is 11.6 Å². The molecule has 2 saturated carbocycles. The van der Waals surface area contributed by atoms with Gasteiger partial charge in [-0.05, 0) is 38.0 Å². The average molecular weight is 210 g/mol. The number of epoxide rings is 1. The van der Waals surface area contributed by atoms with Crippen LogP contribution in [0.25, 0.3) is 0 Å². The number of ether oxygens (including phenoxy) is 2. The number of methoxy groups -OCH3 is 1. The van der Waals surface area contributed by atoms with Crippen molar-refractivity contribution in [3.63, 3.8) is 0 Å². The van der Waals surface area contributed by atoms with Gasteiger partial charge in [0.15, 0.2) is 5.60 Å². The minimum absolute atomic E-state index is 0.134. The second-order valence-corrected chi connectivity index (χ2v) is 5.37. The van der Waals surface area contributed by atoms with Crippen LogP contribution < -0.4 is 0 Å². The third kappa shape index (κ3) is 0.975. The molecule has 0 bridgehead atoms. The minimum Gasteiger partial charge on any atom is -0.467 e. The van der Waals surface area contributed by atoms with Crippen LogP contribution in [0.4, 0.5) is 0 Å². The van der Waals surface area contributed by atoms with E-state index < -0.39 is 5.60 Å². The highest BCUT2D eigenvalue weighted by molar-refractivity contribution is 5.85. The van der Waals surface area contributed by atoms with Crippen LogP contribution in [0.15, 0.2) is 0 Å². The van der Waals surface area contributed by atoms with Crippen LogP contribution in [0.5, 0.6) is 0 Å². The Hall–Kier alpha value is -0.570. The van der Waals surface area contributed by atoms with E-state index in [1.165, 1.54) is 32.8 Å². The van der Waals surface area contributed by atoms with E-state index in [1.807, 2.05) is 6.92 Å². The van der Waals surface area contributed by atoms with Crippen molar-refractivity contribution in [2.75, 3.05) is 7.11 Å². The highest BCUT2D eigenvalue weighted by Crippen LogP contribution is 2.69. The maximum absolute atomic E-state index is 11.6. The predicted octanol–water partition coefficient (Wildman–Crippen LogP) is 1.90. The molecule has 3 heteroatoms.